The number of benzene rings is 2. The van der Waals surface area contributed by atoms with E-state index in [0.717, 1.165) is 16.8 Å². The summed E-state index contributed by atoms with van der Waals surface area (Å²) in [6.45, 7) is 0. The van der Waals surface area contributed by atoms with Crippen LogP contribution in [0, 0.1) is 0 Å². The second-order valence-electron chi connectivity index (χ2n) is 4.94. The molecule has 102 valence electrons. The number of carbonyl (C=O) groups excluding carboxylic acids is 1. The molecule has 0 aromatic heterocycles. The summed E-state index contributed by atoms with van der Waals surface area (Å²) in [5.41, 5.74) is 2.59. The van der Waals surface area contributed by atoms with E-state index in [2.05, 4.69) is 4.90 Å². The van der Waals surface area contributed by atoms with Crippen molar-refractivity contribution < 1.29 is 4.79 Å². The number of hydrogen-bond donors (Lipinski definition) is 0. The SMILES string of the molecule is CN1C(=O)c2ccccc2N(C)[C@H]1c1ccccc1Cl. The van der Waals surface area contributed by atoms with Gasteiger partial charge in [-0.15, -0.1) is 0 Å². The van der Waals surface area contributed by atoms with Crippen molar-refractivity contribution >= 4 is 23.2 Å². The molecule has 0 N–H and O–H groups in total. The Balaban J connectivity index is 2.15. The molecule has 20 heavy (non-hydrogen) atoms. The maximum absolute atomic E-state index is 12.5. The van der Waals surface area contributed by atoms with Crippen molar-refractivity contribution in [1.82, 2.24) is 4.90 Å². The predicted molar refractivity (Wildman–Crippen MR) is 81.1 cm³/mol. The summed E-state index contributed by atoms with van der Waals surface area (Å²) in [6.07, 6.45) is -0.189. The van der Waals surface area contributed by atoms with Crippen LogP contribution in [0.5, 0.6) is 0 Å². The molecule has 1 aliphatic rings. The van der Waals surface area contributed by atoms with Gasteiger partial charge in [0.15, 0.2) is 0 Å². The minimum atomic E-state index is -0.189. The molecule has 1 atom stereocenters. The minimum Gasteiger partial charge on any atom is -0.350 e. The zero-order valence-corrected chi connectivity index (χ0v) is 12.1. The number of carbonyl (C=O) groups is 1. The van der Waals surface area contributed by atoms with Crippen molar-refractivity contribution in [2.45, 2.75) is 6.17 Å². The van der Waals surface area contributed by atoms with Crippen LogP contribution in [-0.4, -0.2) is 24.9 Å². The quantitative estimate of drug-likeness (QED) is 0.800. The first kappa shape index (κ1) is 13.0. The first-order chi connectivity index (χ1) is 9.61. The molecule has 1 aliphatic heterocycles. The number of hydrogen-bond acceptors (Lipinski definition) is 2. The van der Waals surface area contributed by atoms with Gasteiger partial charge in [-0.2, -0.15) is 0 Å². The Morgan fingerprint density at radius 3 is 2.35 bits per heavy atom. The number of anilines is 1. The van der Waals surface area contributed by atoms with Crippen molar-refractivity contribution in [3.05, 3.63) is 64.7 Å². The van der Waals surface area contributed by atoms with Gasteiger partial charge in [-0.1, -0.05) is 41.9 Å². The van der Waals surface area contributed by atoms with Gasteiger partial charge in [0.2, 0.25) is 0 Å². The smallest absolute Gasteiger partial charge is 0.257 e. The second-order valence-corrected chi connectivity index (χ2v) is 5.35. The summed E-state index contributed by atoms with van der Waals surface area (Å²) in [4.78, 5) is 16.3. The van der Waals surface area contributed by atoms with Crippen molar-refractivity contribution in [3.63, 3.8) is 0 Å². The molecule has 0 unspecified atom stereocenters. The van der Waals surface area contributed by atoms with E-state index in [-0.39, 0.29) is 12.1 Å². The van der Waals surface area contributed by atoms with Crippen molar-refractivity contribution in [2.75, 3.05) is 19.0 Å². The highest BCUT2D eigenvalue weighted by Crippen LogP contribution is 2.38. The Morgan fingerprint density at radius 2 is 1.60 bits per heavy atom. The summed E-state index contributed by atoms with van der Waals surface area (Å²) in [5, 5.41) is 0.670. The number of rotatable bonds is 1. The molecule has 0 spiro atoms. The lowest BCUT2D eigenvalue weighted by Gasteiger charge is -2.42. The number of halogens is 1. The van der Waals surface area contributed by atoms with Crippen LogP contribution in [0.3, 0.4) is 0 Å². The molecular formula is C16H15ClN2O. The van der Waals surface area contributed by atoms with E-state index in [0.29, 0.717) is 5.02 Å². The van der Waals surface area contributed by atoms with E-state index < -0.39 is 0 Å². The zero-order valence-electron chi connectivity index (χ0n) is 11.4. The fourth-order valence-corrected chi connectivity index (χ4v) is 2.99. The van der Waals surface area contributed by atoms with E-state index in [1.54, 1.807) is 4.90 Å². The fourth-order valence-electron chi connectivity index (χ4n) is 2.76. The molecule has 0 bridgehead atoms. The van der Waals surface area contributed by atoms with Crippen LogP contribution in [0.1, 0.15) is 22.1 Å². The lowest BCUT2D eigenvalue weighted by molar-refractivity contribution is 0.0711. The molecule has 2 aromatic rings. The van der Waals surface area contributed by atoms with Gasteiger partial charge in [-0.3, -0.25) is 4.79 Å². The van der Waals surface area contributed by atoms with Gasteiger partial charge >= 0.3 is 0 Å². The largest absolute Gasteiger partial charge is 0.350 e. The summed E-state index contributed by atoms with van der Waals surface area (Å²) in [5.74, 6) is 0.0172. The van der Waals surface area contributed by atoms with Crippen molar-refractivity contribution in [3.8, 4) is 0 Å². The van der Waals surface area contributed by atoms with E-state index in [1.807, 2.05) is 62.6 Å². The Kier molecular flexibility index (Phi) is 3.14. The van der Waals surface area contributed by atoms with E-state index in [4.69, 9.17) is 11.6 Å². The molecule has 0 fully saturated rings. The lowest BCUT2D eigenvalue weighted by atomic mass is 10.0. The standard InChI is InChI=1S/C16H15ClN2O/c1-18-14-10-6-4-8-12(14)16(20)19(2)15(18)11-7-3-5-9-13(11)17/h3-10,15H,1-2H3/t15-/m1/s1. The van der Waals surface area contributed by atoms with Crippen molar-refractivity contribution in [2.24, 2.45) is 0 Å². The molecule has 0 radical (unpaired) electrons. The van der Waals surface area contributed by atoms with Gasteiger partial charge in [0.25, 0.3) is 5.91 Å². The maximum atomic E-state index is 12.5. The molecule has 2 aromatic carbocycles. The third kappa shape index (κ3) is 1.86. The molecular weight excluding hydrogens is 272 g/mol. The number of nitrogens with zero attached hydrogens (tertiary/aromatic N) is 2. The van der Waals surface area contributed by atoms with Crippen LogP contribution >= 0.6 is 11.6 Å². The van der Waals surface area contributed by atoms with Crippen LogP contribution < -0.4 is 4.90 Å². The average molecular weight is 287 g/mol. The number of fused-ring (bicyclic) bond motifs is 1. The molecule has 0 saturated heterocycles. The normalized spacial score (nSPS) is 18.1. The second kappa shape index (κ2) is 4.84. The molecule has 4 heteroatoms. The van der Waals surface area contributed by atoms with Crippen LogP contribution in [0.15, 0.2) is 48.5 Å². The van der Waals surface area contributed by atoms with Gasteiger partial charge in [-0.05, 0) is 18.2 Å². The third-order valence-corrected chi connectivity index (χ3v) is 4.10. The van der Waals surface area contributed by atoms with Crippen LogP contribution in [0.25, 0.3) is 0 Å². The highest BCUT2D eigenvalue weighted by molar-refractivity contribution is 6.31. The number of para-hydroxylation sites is 1. The van der Waals surface area contributed by atoms with Crippen molar-refractivity contribution in [1.29, 1.82) is 0 Å². The Labute approximate surface area is 123 Å². The molecule has 3 nitrogen and oxygen atoms in total. The van der Waals surface area contributed by atoms with E-state index in [1.165, 1.54) is 0 Å². The van der Waals surface area contributed by atoms with Gasteiger partial charge in [0.05, 0.1) is 11.3 Å². The summed E-state index contributed by atoms with van der Waals surface area (Å²) in [7, 11) is 3.79. The van der Waals surface area contributed by atoms with Crippen LogP contribution in [0.4, 0.5) is 5.69 Å². The summed E-state index contributed by atoms with van der Waals surface area (Å²) in [6, 6.07) is 15.3. The zero-order chi connectivity index (χ0) is 14.3. The van der Waals surface area contributed by atoms with Gasteiger partial charge < -0.3 is 9.80 Å². The first-order valence-corrected chi connectivity index (χ1v) is 6.82. The minimum absolute atomic E-state index is 0.0172. The average Bonchev–Trinajstić information content (AvgIpc) is 2.47. The molecule has 1 amide bonds. The molecule has 0 saturated carbocycles. The maximum Gasteiger partial charge on any atom is 0.257 e. The molecule has 0 aliphatic carbocycles. The van der Waals surface area contributed by atoms with Crippen LogP contribution in [-0.2, 0) is 0 Å². The predicted octanol–water partition coefficient (Wildman–Crippen LogP) is 3.56. The van der Waals surface area contributed by atoms with Gasteiger partial charge in [-0.25, -0.2) is 0 Å². The highest BCUT2D eigenvalue weighted by atomic mass is 35.5. The molecule has 3 rings (SSSR count). The first-order valence-electron chi connectivity index (χ1n) is 6.44. The summed E-state index contributed by atoms with van der Waals surface area (Å²) < 4.78 is 0. The van der Waals surface area contributed by atoms with Gasteiger partial charge in [0.1, 0.15) is 6.17 Å². The fraction of sp³-hybridized carbons (Fsp3) is 0.188. The lowest BCUT2D eigenvalue weighted by Crippen LogP contribution is -2.45. The van der Waals surface area contributed by atoms with Gasteiger partial charge in [0, 0.05) is 24.7 Å². The van der Waals surface area contributed by atoms with Crippen LogP contribution in [0.2, 0.25) is 5.02 Å². The van der Waals surface area contributed by atoms with E-state index in [9.17, 15) is 4.79 Å². The Bertz CT molecular complexity index is 671. The number of amides is 1. The third-order valence-electron chi connectivity index (χ3n) is 3.75. The molecule has 1 heterocycles. The Hall–Kier alpha value is -2.00. The van der Waals surface area contributed by atoms with E-state index >= 15 is 0 Å². The summed E-state index contributed by atoms with van der Waals surface area (Å²) >= 11 is 6.30. The topological polar surface area (TPSA) is 23.6 Å². The Morgan fingerprint density at radius 1 is 0.950 bits per heavy atom. The monoisotopic (exact) mass is 286 g/mol. The highest BCUT2D eigenvalue weighted by Gasteiger charge is 2.34.